The molecule has 0 amide bonds. The average Bonchev–Trinajstić information content (AvgIpc) is 3.88. The van der Waals surface area contributed by atoms with Crippen molar-refractivity contribution in [1.29, 1.82) is 0 Å². The molecule has 4 aromatic heterocycles. The number of benzene rings is 6. The van der Waals surface area contributed by atoms with Crippen LogP contribution in [0.3, 0.4) is 0 Å². The Hall–Kier alpha value is -6.46. The number of fused-ring (bicyclic) bond motifs is 4. The van der Waals surface area contributed by atoms with Gasteiger partial charge in [0.05, 0.1) is 28.1 Å². The molecule has 0 aliphatic heterocycles. The van der Waals surface area contributed by atoms with Gasteiger partial charge in [-0.2, -0.15) is 0 Å². The fourth-order valence-corrected chi connectivity index (χ4v) is 7.70. The van der Waals surface area contributed by atoms with Crippen molar-refractivity contribution in [3.05, 3.63) is 193 Å². The predicted octanol–water partition coefficient (Wildman–Crippen LogP) is 14.2. The smallest absolute Gasteiger partial charge is 0.216 e. The van der Waals surface area contributed by atoms with Crippen molar-refractivity contribution < 1.29 is 28.6 Å². The summed E-state index contributed by atoms with van der Waals surface area (Å²) in [4.78, 5) is 14.3. The van der Waals surface area contributed by atoms with Crippen molar-refractivity contribution in [2.24, 2.45) is 0 Å². The van der Waals surface area contributed by atoms with Crippen LogP contribution in [0.2, 0.25) is 0 Å². The summed E-state index contributed by atoms with van der Waals surface area (Å²) >= 11 is 0. The van der Waals surface area contributed by atoms with Crippen LogP contribution in [0.1, 0.15) is 60.3 Å². The summed E-state index contributed by atoms with van der Waals surface area (Å²) in [6, 6.07) is 59.5. The van der Waals surface area contributed by atoms with E-state index in [1.165, 1.54) is 34.1 Å². The van der Waals surface area contributed by atoms with Crippen LogP contribution in [0.4, 0.5) is 0 Å². The Balaban J connectivity index is 0.000000271. The van der Waals surface area contributed by atoms with Gasteiger partial charge in [-0.1, -0.05) is 124 Å². The topological polar surface area (TPSA) is 56.7 Å². The molecule has 0 aliphatic rings. The number of rotatable bonds is 7. The molecule has 0 N–H and O–H groups in total. The van der Waals surface area contributed by atoms with Gasteiger partial charge >= 0.3 is 0 Å². The monoisotopic (exact) mass is 960 g/mol. The molecular formula is C54H44IrN4O-2. The van der Waals surface area contributed by atoms with Crippen molar-refractivity contribution in [2.75, 3.05) is 0 Å². The van der Waals surface area contributed by atoms with Crippen LogP contribution in [0.5, 0.6) is 0 Å². The molecule has 5 nitrogen and oxygen atoms in total. The SMILES string of the molecule is CC(C)c1cc(-c2ccccc2)cc(C(C)C)c1-n1c(-c2[c-]ccc3c2oc2nc(-c4ccccc4)ccc23)nc2ccccc21.[2H]C([2H])([2H])c1ccc(-c2[c-]cccc2)nc1.[Ir]. The fourth-order valence-electron chi connectivity index (χ4n) is 7.70. The molecule has 10 rings (SSSR count). The van der Waals surface area contributed by atoms with Crippen LogP contribution >= 0.6 is 0 Å². The summed E-state index contributed by atoms with van der Waals surface area (Å²) in [7, 11) is 0. The van der Waals surface area contributed by atoms with Crippen molar-refractivity contribution >= 4 is 33.1 Å². The predicted molar refractivity (Wildman–Crippen MR) is 243 cm³/mol. The minimum atomic E-state index is -2.09. The van der Waals surface area contributed by atoms with Crippen molar-refractivity contribution in [3.8, 4) is 50.7 Å². The third-order valence-corrected chi connectivity index (χ3v) is 10.6. The zero-order chi connectivity index (χ0) is 43.0. The van der Waals surface area contributed by atoms with Gasteiger partial charge in [0, 0.05) is 47.1 Å². The van der Waals surface area contributed by atoms with Gasteiger partial charge in [-0.15, -0.1) is 54.1 Å². The van der Waals surface area contributed by atoms with Crippen molar-refractivity contribution in [1.82, 2.24) is 19.5 Å². The minimum absolute atomic E-state index is 0. The average molecular weight is 960 g/mol. The fraction of sp³-hybridized carbons (Fsp3) is 0.130. The van der Waals surface area contributed by atoms with Gasteiger partial charge < -0.3 is 14.0 Å². The molecule has 0 atom stereocenters. The van der Waals surface area contributed by atoms with Gasteiger partial charge in [-0.3, -0.25) is 4.98 Å². The van der Waals surface area contributed by atoms with Crippen molar-refractivity contribution in [3.63, 3.8) is 0 Å². The summed E-state index contributed by atoms with van der Waals surface area (Å²) in [6.45, 7) is 7.01. The molecule has 10 aromatic rings. The van der Waals surface area contributed by atoms with Crippen molar-refractivity contribution in [2.45, 2.75) is 46.4 Å². The van der Waals surface area contributed by atoms with Gasteiger partial charge in [-0.05, 0) is 88.6 Å². The van der Waals surface area contributed by atoms with Gasteiger partial charge in [0.2, 0.25) is 5.71 Å². The van der Waals surface area contributed by atoms with E-state index in [1.54, 1.807) is 18.2 Å². The van der Waals surface area contributed by atoms with Crippen LogP contribution in [0, 0.1) is 19.0 Å². The zero-order valence-corrected chi connectivity index (χ0v) is 36.2. The number of hydrogen-bond acceptors (Lipinski definition) is 4. The van der Waals surface area contributed by atoms with E-state index >= 15 is 0 Å². The zero-order valence-electron chi connectivity index (χ0n) is 36.8. The number of hydrogen-bond donors (Lipinski definition) is 0. The number of nitrogens with zero attached hydrogens (tertiary/aromatic N) is 4. The number of para-hydroxylation sites is 2. The van der Waals surface area contributed by atoms with E-state index in [1.807, 2.05) is 42.5 Å². The standard InChI is InChI=1S/C42H34N3O.C12H10N.Ir/c1-26(2)34-24-30(28-14-7-5-8-15-28)25-35(27(3)4)39(34)45-38-21-12-11-20-37(38)43-41(45)33-19-13-18-31-32-22-23-36(29-16-9-6-10-17-29)44-42(32)46-40(31)33;1-10-7-8-12(13-9-10)11-5-3-2-4-6-11;/h5-18,20-27H,1-4H3;2-5,7-9H,1H3;/q2*-1;/i;1D3;. The van der Waals surface area contributed by atoms with E-state index in [4.69, 9.17) is 18.5 Å². The van der Waals surface area contributed by atoms with E-state index < -0.39 is 6.85 Å². The molecule has 4 heterocycles. The molecule has 6 aromatic carbocycles. The Morgan fingerprint density at radius 1 is 0.617 bits per heavy atom. The molecule has 1 radical (unpaired) electrons. The quantitative estimate of drug-likeness (QED) is 0.149. The first-order chi connectivity index (χ1) is 30.0. The molecule has 0 bridgehead atoms. The summed E-state index contributed by atoms with van der Waals surface area (Å²) in [5.41, 5.74) is 14.1. The van der Waals surface area contributed by atoms with E-state index in [0.29, 0.717) is 5.71 Å². The molecule has 6 heteroatoms. The minimum Gasteiger partial charge on any atom is -0.486 e. The Bertz CT molecular complexity index is 3130. The Kier molecular flexibility index (Phi) is 10.6. The third kappa shape index (κ3) is 7.85. The maximum atomic E-state index is 7.23. The number of aryl methyl sites for hydroxylation is 1. The molecule has 297 valence electrons. The Morgan fingerprint density at radius 3 is 1.97 bits per heavy atom. The van der Waals surface area contributed by atoms with E-state index in [0.717, 1.165) is 61.3 Å². The summed E-state index contributed by atoms with van der Waals surface area (Å²) in [5.74, 6) is 1.36. The summed E-state index contributed by atoms with van der Waals surface area (Å²) in [6.07, 6.45) is 1.39. The van der Waals surface area contributed by atoms with Gasteiger partial charge in [-0.25, -0.2) is 4.98 Å². The summed E-state index contributed by atoms with van der Waals surface area (Å²) < 4.78 is 30.7. The molecule has 0 unspecified atom stereocenters. The van der Waals surface area contributed by atoms with E-state index in [9.17, 15) is 0 Å². The third-order valence-electron chi connectivity index (χ3n) is 10.6. The first-order valence-electron chi connectivity index (χ1n) is 21.5. The molecule has 60 heavy (non-hydrogen) atoms. The van der Waals surface area contributed by atoms with E-state index in [-0.39, 0.29) is 37.5 Å². The second kappa shape index (κ2) is 17.4. The van der Waals surface area contributed by atoms with Crippen LogP contribution in [0.25, 0.3) is 83.8 Å². The first kappa shape index (κ1) is 36.6. The Labute approximate surface area is 369 Å². The number of pyridine rings is 2. The van der Waals surface area contributed by atoms with Gasteiger partial charge in [0.15, 0.2) is 0 Å². The molecule has 0 saturated heterocycles. The maximum absolute atomic E-state index is 7.23. The summed E-state index contributed by atoms with van der Waals surface area (Å²) in [5, 5.41) is 1.98. The maximum Gasteiger partial charge on any atom is 0.216 e. The number of furan rings is 1. The Morgan fingerprint density at radius 2 is 1.30 bits per heavy atom. The first-order valence-corrected chi connectivity index (χ1v) is 20.0. The molecule has 0 spiro atoms. The van der Waals surface area contributed by atoms with E-state index in [2.05, 4.69) is 146 Å². The largest absolute Gasteiger partial charge is 0.486 e. The van der Waals surface area contributed by atoms with Crippen LogP contribution in [-0.2, 0) is 20.1 Å². The second-order valence-electron chi connectivity index (χ2n) is 15.3. The molecule has 0 aliphatic carbocycles. The normalized spacial score (nSPS) is 12.2. The molecule has 0 fully saturated rings. The molecule has 0 saturated carbocycles. The van der Waals surface area contributed by atoms with Gasteiger partial charge in [0.25, 0.3) is 0 Å². The molecular weight excluding hydrogens is 913 g/mol. The number of imidazole rings is 1. The second-order valence-corrected chi connectivity index (χ2v) is 15.3. The number of aromatic nitrogens is 4. The van der Waals surface area contributed by atoms with Crippen LogP contribution in [-0.4, -0.2) is 19.5 Å². The van der Waals surface area contributed by atoms with Crippen LogP contribution < -0.4 is 0 Å². The van der Waals surface area contributed by atoms with Gasteiger partial charge in [0.1, 0.15) is 0 Å². The van der Waals surface area contributed by atoms with Crippen LogP contribution in [0.15, 0.2) is 168 Å².